The third-order valence-electron chi connectivity index (χ3n) is 0.846. The van der Waals surface area contributed by atoms with Crippen LogP contribution in [0.2, 0.25) is 0 Å². The van der Waals surface area contributed by atoms with Crippen molar-refractivity contribution in [1.29, 1.82) is 5.26 Å². The summed E-state index contributed by atoms with van der Waals surface area (Å²) in [6.45, 7) is 0. The lowest BCUT2D eigenvalue weighted by Crippen LogP contribution is -1.76. The van der Waals surface area contributed by atoms with Crippen molar-refractivity contribution >= 4 is 0 Å². The molecule has 1 aromatic rings. The molecule has 1 rings (SSSR count). The Hall–Kier alpha value is -1.56. The highest BCUT2D eigenvalue weighted by molar-refractivity contribution is 5.28. The molecule has 0 aliphatic rings. The van der Waals surface area contributed by atoms with Gasteiger partial charge in [-0.25, -0.2) is 4.98 Å². The Kier molecular flexibility index (Phi) is 1.32. The first-order chi connectivity index (χ1) is 4.33. The van der Waals surface area contributed by atoms with Crippen molar-refractivity contribution in [2.75, 3.05) is 0 Å². The maximum Gasteiger partial charge on any atom is 0.183 e. The quantitative estimate of drug-likeness (QED) is 0.513. The second-order valence-electron chi connectivity index (χ2n) is 1.49. The Morgan fingerprint density at radius 1 is 1.67 bits per heavy atom. The molecule has 0 saturated heterocycles. The second kappa shape index (κ2) is 2.14. The van der Waals surface area contributed by atoms with Gasteiger partial charge in [-0.2, -0.15) is 5.26 Å². The molecule has 0 amide bonds. The number of hydrogen-bond donors (Lipinski definition) is 0. The summed E-state index contributed by atoms with van der Waals surface area (Å²) in [5, 5.41) is 18.7. The molecule has 1 aromatic heterocycles. The van der Waals surface area contributed by atoms with E-state index in [0.29, 0.717) is 0 Å². The topological polar surface area (TPSA) is 56.6 Å². The van der Waals surface area contributed by atoms with Crippen LogP contribution in [0.4, 0.5) is 0 Å². The fourth-order valence-corrected chi connectivity index (χ4v) is 0.472. The van der Waals surface area contributed by atoms with Crippen LogP contribution in [-0.2, 0) is 5.11 Å². The van der Waals surface area contributed by atoms with Crippen LogP contribution in [0.15, 0.2) is 18.3 Å². The predicted octanol–water partition coefficient (Wildman–Crippen LogP) is 1.10. The van der Waals surface area contributed by atoms with Crippen molar-refractivity contribution in [3.63, 3.8) is 0 Å². The van der Waals surface area contributed by atoms with E-state index in [4.69, 9.17) is 5.26 Å². The first-order valence-electron chi connectivity index (χ1n) is 2.36. The first kappa shape index (κ1) is 5.57. The smallest absolute Gasteiger partial charge is 0.183 e. The van der Waals surface area contributed by atoms with Gasteiger partial charge in [0.05, 0.1) is 0 Å². The van der Waals surface area contributed by atoms with Crippen LogP contribution < -0.4 is 0 Å². The van der Waals surface area contributed by atoms with Gasteiger partial charge in [0, 0.05) is 18.3 Å². The van der Waals surface area contributed by atoms with Crippen LogP contribution in [0, 0.1) is 11.3 Å². The molecular weight excluding hydrogens is 116 g/mol. The van der Waals surface area contributed by atoms with Gasteiger partial charge in [0.2, 0.25) is 0 Å². The van der Waals surface area contributed by atoms with Crippen LogP contribution in [0.1, 0.15) is 5.69 Å². The molecule has 0 unspecified atom stereocenters. The Bertz CT molecular complexity index is 251. The lowest BCUT2D eigenvalue weighted by molar-refractivity contribution is 0.354. The summed E-state index contributed by atoms with van der Waals surface area (Å²) in [5.74, 6) is -0.179. The molecule has 9 heavy (non-hydrogen) atoms. The molecular formula is C6H3N2O. The zero-order chi connectivity index (χ0) is 6.69. The molecule has 0 atom stereocenters. The molecule has 0 bridgehead atoms. The van der Waals surface area contributed by atoms with Crippen LogP contribution in [-0.4, -0.2) is 4.98 Å². The molecule has 1 radical (unpaired) electrons. The average Bonchev–Trinajstić information content (AvgIpc) is 1.88. The highest BCUT2D eigenvalue weighted by atomic mass is 16.3. The Morgan fingerprint density at radius 2 is 2.44 bits per heavy atom. The zero-order valence-corrected chi connectivity index (χ0v) is 4.53. The van der Waals surface area contributed by atoms with Crippen LogP contribution in [0.3, 0.4) is 0 Å². The fraction of sp³-hybridized carbons (Fsp3) is 0. The van der Waals surface area contributed by atoms with Crippen molar-refractivity contribution in [2.45, 2.75) is 0 Å². The lowest BCUT2D eigenvalue weighted by atomic mass is 10.3. The zero-order valence-electron chi connectivity index (χ0n) is 4.53. The van der Waals surface area contributed by atoms with Crippen LogP contribution in [0.5, 0.6) is 5.75 Å². The molecule has 0 fully saturated rings. The summed E-state index contributed by atoms with van der Waals surface area (Å²) < 4.78 is 0. The normalized spacial score (nSPS) is 8.33. The molecule has 0 saturated carbocycles. The van der Waals surface area contributed by atoms with E-state index < -0.39 is 0 Å². The SMILES string of the molecule is N#Cc1cc([O])ccn1. The lowest BCUT2D eigenvalue weighted by Gasteiger charge is -1.83. The van der Waals surface area contributed by atoms with Gasteiger partial charge < -0.3 is 0 Å². The number of nitriles is 1. The van der Waals surface area contributed by atoms with Crippen molar-refractivity contribution in [3.05, 3.63) is 24.0 Å². The predicted molar refractivity (Wildman–Crippen MR) is 29.1 cm³/mol. The molecule has 3 nitrogen and oxygen atoms in total. The van der Waals surface area contributed by atoms with Crippen molar-refractivity contribution in [3.8, 4) is 11.8 Å². The van der Waals surface area contributed by atoms with E-state index in [2.05, 4.69) is 4.98 Å². The van der Waals surface area contributed by atoms with Gasteiger partial charge in [0.1, 0.15) is 11.8 Å². The summed E-state index contributed by atoms with van der Waals surface area (Å²) in [4.78, 5) is 3.60. The van der Waals surface area contributed by atoms with E-state index >= 15 is 0 Å². The van der Waals surface area contributed by atoms with Gasteiger partial charge in [-0.05, 0) is 0 Å². The second-order valence-corrected chi connectivity index (χ2v) is 1.49. The Labute approximate surface area is 52.2 Å². The maximum atomic E-state index is 10.5. The van der Waals surface area contributed by atoms with Gasteiger partial charge >= 0.3 is 0 Å². The van der Waals surface area contributed by atoms with E-state index in [1.165, 1.54) is 18.3 Å². The van der Waals surface area contributed by atoms with Crippen molar-refractivity contribution in [1.82, 2.24) is 4.98 Å². The van der Waals surface area contributed by atoms with E-state index in [0.717, 1.165) is 0 Å². The van der Waals surface area contributed by atoms with E-state index in [1.807, 2.05) is 0 Å². The summed E-state index contributed by atoms with van der Waals surface area (Å²) in [6.07, 6.45) is 1.32. The molecule has 0 aliphatic heterocycles. The van der Waals surface area contributed by atoms with Gasteiger partial charge in [-0.3, -0.25) is 5.11 Å². The molecule has 3 heteroatoms. The van der Waals surface area contributed by atoms with Gasteiger partial charge in [0.25, 0.3) is 0 Å². The molecule has 0 aromatic carbocycles. The van der Waals surface area contributed by atoms with Gasteiger partial charge in [-0.1, -0.05) is 0 Å². The minimum Gasteiger partial charge on any atom is -0.290 e. The number of nitrogens with zero attached hydrogens (tertiary/aromatic N) is 2. The minimum atomic E-state index is -0.179. The molecule has 0 N–H and O–H groups in total. The third kappa shape index (κ3) is 1.16. The van der Waals surface area contributed by atoms with E-state index in [1.54, 1.807) is 6.07 Å². The van der Waals surface area contributed by atoms with Crippen LogP contribution >= 0.6 is 0 Å². The number of hydrogen-bond acceptors (Lipinski definition) is 2. The Morgan fingerprint density at radius 3 is 2.89 bits per heavy atom. The fourth-order valence-electron chi connectivity index (χ4n) is 0.472. The number of rotatable bonds is 0. The first-order valence-corrected chi connectivity index (χ1v) is 2.36. The van der Waals surface area contributed by atoms with Crippen LogP contribution in [0.25, 0.3) is 0 Å². The molecule has 0 aliphatic carbocycles. The largest absolute Gasteiger partial charge is 0.290 e. The van der Waals surface area contributed by atoms with Gasteiger partial charge in [0.15, 0.2) is 5.75 Å². The third-order valence-corrected chi connectivity index (χ3v) is 0.846. The molecule has 43 valence electrons. The van der Waals surface area contributed by atoms with Crippen molar-refractivity contribution in [2.24, 2.45) is 0 Å². The standard InChI is InChI=1S/C6H3N2O/c7-4-5-3-6(9)1-2-8-5/h1-3H. The average molecular weight is 119 g/mol. The minimum absolute atomic E-state index is 0.169. The number of aromatic nitrogens is 1. The summed E-state index contributed by atoms with van der Waals surface area (Å²) >= 11 is 0. The summed E-state index contributed by atoms with van der Waals surface area (Å²) in [7, 11) is 0. The van der Waals surface area contributed by atoms with Gasteiger partial charge in [-0.15, -0.1) is 0 Å². The highest BCUT2D eigenvalue weighted by Gasteiger charge is 1.92. The van der Waals surface area contributed by atoms with E-state index in [9.17, 15) is 5.11 Å². The summed E-state index contributed by atoms with van der Waals surface area (Å²) in [5.41, 5.74) is 0.169. The Balaban J connectivity index is 3.12. The molecule has 0 spiro atoms. The summed E-state index contributed by atoms with van der Waals surface area (Å²) in [6, 6.07) is 4.26. The van der Waals surface area contributed by atoms with E-state index in [-0.39, 0.29) is 11.4 Å². The van der Waals surface area contributed by atoms with Crippen molar-refractivity contribution < 1.29 is 5.11 Å². The number of pyridine rings is 1. The highest BCUT2D eigenvalue weighted by Crippen LogP contribution is 2.06. The monoisotopic (exact) mass is 119 g/mol. The maximum absolute atomic E-state index is 10.5. The molecule has 1 heterocycles.